The molecule has 0 saturated heterocycles. The molecule has 20 heteroatoms. The topological polar surface area (TPSA) is 224 Å². The number of pyridine rings is 2. The van der Waals surface area contributed by atoms with Crippen molar-refractivity contribution in [1.82, 2.24) is 30.4 Å². The molecule has 0 radical (unpaired) electrons. The van der Waals surface area contributed by atoms with Crippen molar-refractivity contribution in [1.29, 1.82) is 0 Å². The molecule has 0 unspecified atom stereocenters. The zero-order chi connectivity index (χ0) is 59.8. The number of nitrogens with one attached hydrogen (secondary N) is 2. The second kappa shape index (κ2) is 32.4. The third-order valence-corrected chi connectivity index (χ3v) is 16.6. The second-order valence-corrected chi connectivity index (χ2v) is 22.4. The molecule has 16 nitrogen and oxygen atoms in total. The molecule has 2 aliphatic carbocycles. The van der Waals surface area contributed by atoms with E-state index in [1.165, 1.54) is 0 Å². The van der Waals surface area contributed by atoms with Gasteiger partial charge < -0.3 is 50.3 Å². The number of carboxylic acids is 2. The lowest BCUT2D eigenvalue weighted by Crippen LogP contribution is -2.57. The minimum atomic E-state index is -1.45. The lowest BCUT2D eigenvalue weighted by Gasteiger charge is -2.35. The van der Waals surface area contributed by atoms with Crippen LogP contribution in [0, 0.1) is 13.8 Å². The van der Waals surface area contributed by atoms with Gasteiger partial charge in [0, 0.05) is 35.3 Å². The summed E-state index contributed by atoms with van der Waals surface area (Å²) in [5, 5.41) is 46.2. The van der Waals surface area contributed by atoms with E-state index in [2.05, 4.69) is 48.3 Å². The number of aliphatic carboxylic acids is 2. The third kappa shape index (κ3) is 17.9. The zero-order valence-corrected chi connectivity index (χ0v) is 52.3. The van der Waals surface area contributed by atoms with Gasteiger partial charge >= 0.3 is 11.9 Å². The molecule has 6 aromatic rings. The number of carboxylic acid groups (broad SMARTS) is 2. The summed E-state index contributed by atoms with van der Waals surface area (Å²) in [5.74, 6) is -2.31. The number of halogens is 4. The Morgan fingerprint density at radius 3 is 1.32 bits per heavy atom. The van der Waals surface area contributed by atoms with Gasteiger partial charge in [-0.15, -0.1) is 24.8 Å². The molecule has 2 heterocycles. The molecule has 0 bridgehead atoms. The van der Waals surface area contributed by atoms with E-state index in [1.807, 2.05) is 98.8 Å². The predicted octanol–water partition coefficient (Wildman–Crippen LogP) is 12.4. The van der Waals surface area contributed by atoms with Gasteiger partial charge in [0.1, 0.15) is 34.0 Å². The highest BCUT2D eigenvalue weighted by Gasteiger charge is 2.45. The maximum atomic E-state index is 13.5. The summed E-state index contributed by atoms with van der Waals surface area (Å²) in [6.45, 7) is 16.2. The summed E-state index contributed by atoms with van der Waals surface area (Å²) in [7, 11) is 2.06. The summed E-state index contributed by atoms with van der Waals surface area (Å²) >= 11 is 13.0. The normalized spacial score (nSPS) is 18.2. The van der Waals surface area contributed by atoms with Crippen LogP contribution in [0.2, 0.25) is 10.0 Å². The fourth-order valence-corrected chi connectivity index (χ4v) is 10.9. The van der Waals surface area contributed by atoms with E-state index in [-0.39, 0.29) is 61.9 Å². The van der Waals surface area contributed by atoms with Crippen LogP contribution in [-0.2, 0) is 9.59 Å². The molecule has 2 saturated carbocycles. The summed E-state index contributed by atoms with van der Waals surface area (Å²) in [6, 6.07) is 33.7. The van der Waals surface area contributed by atoms with E-state index in [0.717, 1.165) is 90.1 Å². The average molecular weight is 1250 g/mol. The Labute approximate surface area is 521 Å². The number of nitrogens with zero attached hydrogens (tertiary/aromatic N) is 4. The van der Waals surface area contributed by atoms with Crippen molar-refractivity contribution in [2.45, 2.75) is 122 Å². The van der Waals surface area contributed by atoms with Gasteiger partial charge in [0.15, 0.2) is 0 Å². The summed E-state index contributed by atoms with van der Waals surface area (Å²) in [4.78, 5) is 65.4. The Balaban J connectivity index is 0.000000304. The number of aliphatic hydroxyl groups is 2. The predicted molar refractivity (Wildman–Crippen MR) is 340 cm³/mol. The quantitative estimate of drug-likeness (QED) is 0.0329. The number of aromatic nitrogens is 2. The highest BCUT2D eigenvalue weighted by atomic mass is 35.5. The number of carbonyl (C=O) groups is 4. The highest BCUT2D eigenvalue weighted by Crippen LogP contribution is 2.39. The minimum absolute atomic E-state index is 0. The Bertz CT molecular complexity index is 3220. The molecule has 2 fully saturated rings. The van der Waals surface area contributed by atoms with Crippen molar-refractivity contribution in [3.05, 3.63) is 142 Å². The van der Waals surface area contributed by atoms with Gasteiger partial charge in [0.2, 0.25) is 0 Å². The van der Waals surface area contributed by atoms with E-state index in [4.69, 9.17) is 42.6 Å². The highest BCUT2D eigenvalue weighted by molar-refractivity contribution is 6.32. The first kappa shape index (κ1) is 69.4. The van der Waals surface area contributed by atoms with Crippen molar-refractivity contribution in [2.24, 2.45) is 0 Å². The fourth-order valence-electron chi connectivity index (χ4n) is 10.5. The van der Waals surface area contributed by atoms with Crippen molar-refractivity contribution >= 4 is 71.8 Å². The van der Waals surface area contributed by atoms with E-state index in [1.54, 1.807) is 24.3 Å². The van der Waals surface area contributed by atoms with Crippen molar-refractivity contribution < 1.29 is 49.1 Å². The zero-order valence-electron chi connectivity index (χ0n) is 49.2. The number of benzene rings is 4. The van der Waals surface area contributed by atoms with Crippen LogP contribution in [0.3, 0.4) is 0 Å². The smallest absolute Gasteiger partial charge is 0.329 e. The molecule has 2 amide bonds. The van der Waals surface area contributed by atoms with Gasteiger partial charge in [0.05, 0.1) is 46.9 Å². The maximum absolute atomic E-state index is 13.5. The largest absolute Gasteiger partial charge is 0.492 e. The first-order chi connectivity index (χ1) is 39.8. The molecule has 2 aliphatic rings. The van der Waals surface area contributed by atoms with Gasteiger partial charge in [-0.2, -0.15) is 0 Å². The number of rotatable bonds is 23. The van der Waals surface area contributed by atoms with Crippen LogP contribution >= 0.6 is 48.0 Å². The SMILES string of the molecule is CCN(C)CCCOc1cc(-c2nc(C(=O)NC3(C(=O)O)CCC(O)CC3)ccc2-c2ccccc2C)ccc1Cl.CCN(CC)CCCOc1cc(-c2nc(C(=O)NC3(C(=O)O)CCC(O)CC3)ccc2-c2ccccc2C)ccc1Cl.Cl.Cl. The van der Waals surface area contributed by atoms with E-state index < -0.39 is 47.0 Å². The molecule has 6 N–H and O–H groups in total. The molecular weight excluding hydrogens is 1170 g/mol. The molecule has 85 heavy (non-hydrogen) atoms. The van der Waals surface area contributed by atoms with Gasteiger partial charge in [-0.25, -0.2) is 19.6 Å². The maximum Gasteiger partial charge on any atom is 0.329 e. The number of aliphatic hydroxyl groups excluding tert-OH is 2. The van der Waals surface area contributed by atoms with Gasteiger partial charge in [0.25, 0.3) is 11.8 Å². The van der Waals surface area contributed by atoms with E-state index >= 15 is 0 Å². The average Bonchev–Trinajstić information content (AvgIpc) is 2.30. The number of aryl methyl sites for hydroxylation is 2. The Kier molecular flexibility index (Phi) is 26.5. The summed E-state index contributed by atoms with van der Waals surface area (Å²) in [5.41, 5.74) is 5.55. The number of hydrogen-bond donors (Lipinski definition) is 6. The lowest BCUT2D eigenvalue weighted by atomic mass is 9.80. The number of ether oxygens (including phenoxy) is 2. The molecule has 0 aliphatic heterocycles. The molecule has 8 rings (SSSR count). The van der Waals surface area contributed by atoms with Crippen LogP contribution in [0.15, 0.2) is 109 Å². The molecule has 4 aromatic carbocycles. The van der Waals surface area contributed by atoms with Crippen LogP contribution in [0.25, 0.3) is 44.8 Å². The minimum Gasteiger partial charge on any atom is -0.492 e. The first-order valence-corrected chi connectivity index (χ1v) is 29.4. The van der Waals surface area contributed by atoms with E-state index in [0.29, 0.717) is 71.8 Å². The van der Waals surface area contributed by atoms with Crippen LogP contribution in [0.5, 0.6) is 11.5 Å². The van der Waals surface area contributed by atoms with Crippen molar-refractivity contribution in [3.63, 3.8) is 0 Å². The van der Waals surface area contributed by atoms with Gasteiger partial charge in [-0.3, -0.25) is 9.59 Å². The summed E-state index contributed by atoms with van der Waals surface area (Å²) in [6.07, 6.45) is 2.38. The molecular formula is C65H80Cl4N6O10. The lowest BCUT2D eigenvalue weighted by molar-refractivity contribution is -0.147. The van der Waals surface area contributed by atoms with E-state index in [9.17, 15) is 39.6 Å². The van der Waals surface area contributed by atoms with Crippen molar-refractivity contribution in [2.75, 3.05) is 53.0 Å². The fraction of sp³-hybridized carbons (Fsp3) is 0.415. The summed E-state index contributed by atoms with van der Waals surface area (Å²) < 4.78 is 12.1. The van der Waals surface area contributed by atoms with Crippen LogP contribution < -0.4 is 20.1 Å². The van der Waals surface area contributed by atoms with Crippen LogP contribution in [0.1, 0.15) is 117 Å². The monoisotopic (exact) mass is 1240 g/mol. The number of amides is 2. The number of hydrogen-bond acceptors (Lipinski definition) is 12. The molecule has 458 valence electrons. The Hall–Kier alpha value is -6.34. The second-order valence-electron chi connectivity index (χ2n) is 21.6. The third-order valence-electron chi connectivity index (χ3n) is 15.9. The van der Waals surface area contributed by atoms with Crippen LogP contribution in [-0.4, -0.2) is 140 Å². The molecule has 0 atom stereocenters. The Morgan fingerprint density at radius 1 is 0.565 bits per heavy atom. The van der Waals surface area contributed by atoms with Gasteiger partial charge in [-0.1, -0.05) is 105 Å². The van der Waals surface area contributed by atoms with Crippen molar-refractivity contribution in [3.8, 4) is 56.3 Å². The standard InChI is InChI=1S/C33H40ClN3O5.C32H38ClN3O5.2ClH/c1-4-37(5-2)19-8-20-42-29-21-23(11-13-27(29)34)30-26(25-10-7-6-9-22(25)3)12-14-28(35-30)31(39)36-33(32(40)41)17-15-24(38)16-18-33;1-4-36(3)18-7-19-41-28-20-22(10-12-26(28)33)29-25(24-9-6-5-8-21(24)2)11-13-27(34-29)30(38)35-32(31(39)40)16-14-23(37)15-17-32;;/h6-7,9-14,21,24,38H,4-5,8,15-20H2,1-3H3,(H,36,39)(H,40,41);5-6,8-13,20,23,37H,4,7,14-19H2,1-3H3,(H,35,38)(H,39,40);2*1H. The number of carbonyl (C=O) groups excluding carboxylic acids is 2. The first-order valence-electron chi connectivity index (χ1n) is 28.7. The van der Waals surface area contributed by atoms with Crippen LogP contribution in [0.4, 0.5) is 0 Å². The van der Waals surface area contributed by atoms with Gasteiger partial charge in [-0.05, 0) is 176 Å². The molecule has 2 aromatic heterocycles. The Morgan fingerprint density at radius 2 is 0.953 bits per heavy atom. The molecule has 0 spiro atoms.